The smallest absolute Gasteiger partial charge is 0.164 e. The van der Waals surface area contributed by atoms with Gasteiger partial charge in [-0.2, -0.15) is 0 Å². The van der Waals surface area contributed by atoms with Crippen molar-refractivity contribution in [3.8, 4) is 34.2 Å². The van der Waals surface area contributed by atoms with Crippen molar-refractivity contribution in [2.75, 3.05) is 0 Å². The van der Waals surface area contributed by atoms with E-state index in [1.807, 2.05) is 29.5 Å². The van der Waals surface area contributed by atoms with E-state index < -0.39 is 0 Å². The van der Waals surface area contributed by atoms with E-state index in [4.69, 9.17) is 15.0 Å². The molecular weight excluding hydrogens is 543 g/mol. The van der Waals surface area contributed by atoms with Crippen LogP contribution in [0.5, 0.6) is 0 Å². The Morgan fingerprint density at radius 3 is 1.79 bits per heavy atom. The number of thiophene rings is 1. The average molecular weight is 566 g/mol. The van der Waals surface area contributed by atoms with Crippen LogP contribution in [0.1, 0.15) is 0 Å². The molecule has 9 aromatic rings. The molecule has 0 aliphatic carbocycles. The molecule has 0 atom stereocenters. The predicted octanol–water partition coefficient (Wildman–Crippen LogP) is 10.7. The lowest BCUT2D eigenvalue weighted by Crippen LogP contribution is -2.00. The largest absolute Gasteiger partial charge is 0.208 e. The van der Waals surface area contributed by atoms with Gasteiger partial charge in [0.1, 0.15) is 0 Å². The second-order valence-corrected chi connectivity index (χ2v) is 12.0. The van der Waals surface area contributed by atoms with Crippen molar-refractivity contribution in [2.45, 2.75) is 0 Å². The maximum Gasteiger partial charge on any atom is 0.164 e. The van der Waals surface area contributed by atoms with Gasteiger partial charge in [-0.3, -0.25) is 0 Å². The van der Waals surface area contributed by atoms with Gasteiger partial charge in [-0.05, 0) is 56.6 Å². The highest BCUT2D eigenvalue weighted by Crippen LogP contribution is 2.41. The molecule has 2 heterocycles. The van der Waals surface area contributed by atoms with Crippen LogP contribution in [-0.2, 0) is 0 Å². The summed E-state index contributed by atoms with van der Waals surface area (Å²) in [7, 11) is 0. The zero-order chi connectivity index (χ0) is 28.3. The Bertz CT molecular complexity index is 2510. The zero-order valence-corrected chi connectivity index (χ0v) is 23.8. The predicted molar refractivity (Wildman–Crippen MR) is 182 cm³/mol. The van der Waals surface area contributed by atoms with Crippen LogP contribution >= 0.6 is 11.3 Å². The van der Waals surface area contributed by atoms with E-state index in [-0.39, 0.29) is 0 Å². The summed E-state index contributed by atoms with van der Waals surface area (Å²) in [6.07, 6.45) is 0. The van der Waals surface area contributed by atoms with Crippen molar-refractivity contribution >= 4 is 63.8 Å². The highest BCUT2D eigenvalue weighted by atomic mass is 32.1. The summed E-state index contributed by atoms with van der Waals surface area (Å²) in [6, 6.07) is 49.2. The number of benzene rings is 7. The Labute approximate surface area is 251 Å². The number of hydrogen-bond acceptors (Lipinski definition) is 4. The number of rotatable bonds is 3. The third-order valence-corrected chi connectivity index (χ3v) is 9.41. The van der Waals surface area contributed by atoms with Gasteiger partial charge in [0.25, 0.3) is 0 Å². The van der Waals surface area contributed by atoms with Crippen LogP contribution < -0.4 is 0 Å². The minimum Gasteiger partial charge on any atom is -0.208 e. The molecule has 0 bridgehead atoms. The van der Waals surface area contributed by atoms with Crippen molar-refractivity contribution in [1.82, 2.24) is 15.0 Å². The molecule has 0 saturated heterocycles. The second kappa shape index (κ2) is 9.55. The lowest BCUT2D eigenvalue weighted by atomic mass is 9.96. The summed E-state index contributed by atoms with van der Waals surface area (Å²) in [5.41, 5.74) is 2.90. The van der Waals surface area contributed by atoms with E-state index in [1.54, 1.807) is 0 Å². The monoisotopic (exact) mass is 565 g/mol. The van der Waals surface area contributed by atoms with Crippen molar-refractivity contribution < 1.29 is 0 Å². The van der Waals surface area contributed by atoms with Gasteiger partial charge in [-0.25, -0.2) is 15.0 Å². The van der Waals surface area contributed by atoms with E-state index in [2.05, 4.69) is 121 Å². The van der Waals surface area contributed by atoms with Crippen molar-refractivity contribution in [3.63, 3.8) is 0 Å². The molecule has 4 heteroatoms. The quantitative estimate of drug-likeness (QED) is 0.200. The minimum atomic E-state index is 0.665. The van der Waals surface area contributed by atoms with E-state index in [1.165, 1.54) is 47.1 Å². The summed E-state index contributed by atoms with van der Waals surface area (Å²) in [5, 5.41) is 9.89. The van der Waals surface area contributed by atoms with E-state index in [9.17, 15) is 0 Å². The molecule has 0 fully saturated rings. The van der Waals surface area contributed by atoms with Crippen LogP contribution in [0, 0.1) is 0 Å². The fraction of sp³-hybridized carbons (Fsp3) is 0. The van der Waals surface area contributed by atoms with Crippen LogP contribution in [0.25, 0.3) is 86.7 Å². The van der Waals surface area contributed by atoms with Gasteiger partial charge < -0.3 is 0 Å². The molecule has 0 radical (unpaired) electrons. The van der Waals surface area contributed by atoms with Crippen molar-refractivity contribution in [2.24, 2.45) is 0 Å². The molecular formula is C39H23N3S. The first-order valence-corrected chi connectivity index (χ1v) is 15.2. The Morgan fingerprint density at radius 2 is 0.953 bits per heavy atom. The molecule has 2 aromatic heterocycles. The van der Waals surface area contributed by atoms with Gasteiger partial charge in [0.15, 0.2) is 17.5 Å². The van der Waals surface area contributed by atoms with Gasteiger partial charge >= 0.3 is 0 Å². The molecule has 0 spiro atoms. The van der Waals surface area contributed by atoms with Gasteiger partial charge in [-0.1, -0.05) is 115 Å². The number of nitrogens with zero attached hydrogens (tertiary/aromatic N) is 3. The molecule has 200 valence electrons. The molecule has 0 N–H and O–H groups in total. The van der Waals surface area contributed by atoms with Crippen molar-refractivity contribution in [1.29, 1.82) is 0 Å². The topological polar surface area (TPSA) is 38.7 Å². The summed E-state index contributed by atoms with van der Waals surface area (Å²) in [5.74, 6) is 2.00. The first-order valence-electron chi connectivity index (χ1n) is 14.4. The van der Waals surface area contributed by atoms with Crippen LogP contribution in [0.3, 0.4) is 0 Å². The maximum absolute atomic E-state index is 5.08. The SMILES string of the molecule is c1ccc(-c2nc(-c3ccc4ccccc4c3)nc(-c3ccc4ccc5ccc6sc7ccccc7c6c5c4c3)n2)cc1. The number of hydrogen-bond donors (Lipinski definition) is 0. The minimum absolute atomic E-state index is 0.665. The lowest BCUT2D eigenvalue weighted by molar-refractivity contribution is 1.08. The van der Waals surface area contributed by atoms with Gasteiger partial charge in [-0.15, -0.1) is 11.3 Å². The normalized spacial score (nSPS) is 11.7. The lowest BCUT2D eigenvalue weighted by Gasteiger charge is -2.11. The zero-order valence-electron chi connectivity index (χ0n) is 23.0. The first kappa shape index (κ1) is 24.2. The average Bonchev–Trinajstić information content (AvgIpc) is 3.47. The molecule has 0 unspecified atom stereocenters. The summed E-state index contributed by atoms with van der Waals surface area (Å²) >= 11 is 1.85. The van der Waals surface area contributed by atoms with E-state index in [0.29, 0.717) is 17.5 Å². The molecule has 9 rings (SSSR count). The van der Waals surface area contributed by atoms with Gasteiger partial charge in [0, 0.05) is 36.9 Å². The molecule has 0 aliphatic rings. The number of aromatic nitrogens is 3. The Balaban J connectivity index is 1.31. The molecule has 0 saturated carbocycles. The van der Waals surface area contributed by atoms with Crippen LogP contribution in [-0.4, -0.2) is 15.0 Å². The van der Waals surface area contributed by atoms with E-state index in [0.717, 1.165) is 22.1 Å². The van der Waals surface area contributed by atoms with E-state index >= 15 is 0 Å². The third kappa shape index (κ3) is 3.99. The van der Waals surface area contributed by atoms with Crippen LogP contribution in [0.2, 0.25) is 0 Å². The van der Waals surface area contributed by atoms with Gasteiger partial charge in [0.05, 0.1) is 0 Å². The first-order chi connectivity index (χ1) is 21.3. The van der Waals surface area contributed by atoms with Crippen LogP contribution in [0.4, 0.5) is 0 Å². The fourth-order valence-electron chi connectivity index (χ4n) is 6.18. The Morgan fingerprint density at radius 1 is 0.349 bits per heavy atom. The third-order valence-electron chi connectivity index (χ3n) is 8.27. The molecule has 43 heavy (non-hydrogen) atoms. The summed E-state index contributed by atoms with van der Waals surface area (Å²) in [6.45, 7) is 0. The van der Waals surface area contributed by atoms with Crippen LogP contribution in [0.15, 0.2) is 140 Å². The number of fused-ring (bicyclic) bond motifs is 8. The standard InChI is InChI=1S/C39H23N3S/c1-2-9-27(10-3-1)37-40-38(29-18-14-24-8-4-5-11-28(24)22-29)42-39(41-37)30-19-16-25-15-17-26-20-21-34-36(35(26)32(25)23-30)31-12-6-7-13-33(31)43-34/h1-23H. The van der Waals surface area contributed by atoms with Gasteiger partial charge in [0.2, 0.25) is 0 Å². The molecule has 3 nitrogen and oxygen atoms in total. The Hall–Kier alpha value is -5.45. The van der Waals surface area contributed by atoms with Crippen molar-refractivity contribution in [3.05, 3.63) is 140 Å². The highest BCUT2D eigenvalue weighted by Gasteiger charge is 2.15. The molecule has 0 amide bonds. The second-order valence-electron chi connectivity index (χ2n) is 10.9. The Kier molecular flexibility index (Phi) is 5.37. The molecule has 0 aliphatic heterocycles. The highest BCUT2D eigenvalue weighted by molar-refractivity contribution is 7.26. The summed E-state index contributed by atoms with van der Waals surface area (Å²) in [4.78, 5) is 15.1. The molecule has 7 aromatic carbocycles. The maximum atomic E-state index is 5.08. The fourth-order valence-corrected chi connectivity index (χ4v) is 7.29. The summed E-state index contributed by atoms with van der Waals surface area (Å²) < 4.78 is 2.61.